The molecule has 0 aliphatic rings. The van der Waals surface area contributed by atoms with Crippen LogP contribution in [-0.4, -0.2) is 5.91 Å². The smallest absolute Gasteiger partial charge is 0.252 e. The van der Waals surface area contributed by atoms with Gasteiger partial charge in [0.1, 0.15) is 6.04 Å². The molecule has 0 fully saturated rings. The topological polar surface area (TPSA) is 52.9 Å². The lowest BCUT2D eigenvalue weighted by Crippen LogP contribution is -2.27. The number of nitrogens with one attached hydrogen (secondary N) is 1. The quantitative estimate of drug-likeness (QED) is 0.933. The molecule has 0 spiro atoms. The molecule has 2 aromatic rings. The summed E-state index contributed by atoms with van der Waals surface area (Å²) in [5, 5.41) is 11.5. The number of hydrogen-bond acceptors (Lipinski definition) is 2. The molecule has 0 saturated carbocycles. The first-order valence-electron chi connectivity index (χ1n) is 5.82. The minimum atomic E-state index is -1.11. The third kappa shape index (κ3) is 2.98. The van der Waals surface area contributed by atoms with Gasteiger partial charge in [-0.25, -0.2) is 8.78 Å². The molecule has 2 rings (SSSR count). The minimum Gasteiger partial charge on any atom is -0.332 e. The van der Waals surface area contributed by atoms with Gasteiger partial charge >= 0.3 is 0 Å². The van der Waals surface area contributed by atoms with Gasteiger partial charge in [-0.3, -0.25) is 4.79 Å². The van der Waals surface area contributed by atoms with Crippen LogP contribution in [0.3, 0.4) is 0 Å². The summed E-state index contributed by atoms with van der Waals surface area (Å²) in [6.07, 6.45) is 0. The highest BCUT2D eigenvalue weighted by molar-refractivity contribution is 5.94. The number of hydrogen-bond donors (Lipinski definition) is 1. The van der Waals surface area contributed by atoms with E-state index in [-0.39, 0.29) is 5.56 Å². The van der Waals surface area contributed by atoms with E-state index in [1.165, 1.54) is 0 Å². The van der Waals surface area contributed by atoms with E-state index in [0.717, 1.165) is 18.2 Å². The van der Waals surface area contributed by atoms with Crippen molar-refractivity contribution in [2.45, 2.75) is 6.04 Å². The zero-order valence-corrected chi connectivity index (χ0v) is 10.3. The Balaban J connectivity index is 2.18. The van der Waals surface area contributed by atoms with Gasteiger partial charge < -0.3 is 5.32 Å². The van der Waals surface area contributed by atoms with Crippen LogP contribution in [0.2, 0.25) is 0 Å². The summed E-state index contributed by atoms with van der Waals surface area (Å²) >= 11 is 0. The molecule has 2 aromatic carbocycles. The fourth-order valence-electron chi connectivity index (χ4n) is 1.69. The van der Waals surface area contributed by atoms with Crippen molar-refractivity contribution < 1.29 is 13.6 Å². The summed E-state index contributed by atoms with van der Waals surface area (Å²) < 4.78 is 25.9. The Morgan fingerprint density at radius 1 is 1.10 bits per heavy atom. The summed E-state index contributed by atoms with van der Waals surface area (Å²) in [5.74, 6) is -2.77. The average molecular weight is 272 g/mol. The van der Waals surface area contributed by atoms with Gasteiger partial charge in [0, 0.05) is 5.56 Å². The molecule has 0 aliphatic carbocycles. The van der Waals surface area contributed by atoms with Gasteiger partial charge in [-0.15, -0.1) is 0 Å². The van der Waals surface area contributed by atoms with Gasteiger partial charge in [0.25, 0.3) is 5.91 Å². The van der Waals surface area contributed by atoms with Crippen molar-refractivity contribution in [3.63, 3.8) is 0 Å². The van der Waals surface area contributed by atoms with Gasteiger partial charge in [-0.1, -0.05) is 30.3 Å². The average Bonchev–Trinajstić information content (AvgIpc) is 2.48. The van der Waals surface area contributed by atoms with Gasteiger partial charge in [0.05, 0.1) is 6.07 Å². The molecule has 5 heteroatoms. The van der Waals surface area contributed by atoms with Crippen LogP contribution in [0.5, 0.6) is 0 Å². The number of benzene rings is 2. The number of carbonyl (C=O) groups is 1. The Labute approximate surface area is 114 Å². The predicted molar refractivity (Wildman–Crippen MR) is 68.6 cm³/mol. The number of rotatable bonds is 3. The fourth-order valence-corrected chi connectivity index (χ4v) is 1.69. The number of amides is 1. The van der Waals surface area contributed by atoms with Crippen LogP contribution in [0.1, 0.15) is 22.0 Å². The second-order valence-electron chi connectivity index (χ2n) is 4.08. The van der Waals surface area contributed by atoms with E-state index in [1.54, 1.807) is 30.3 Å². The van der Waals surface area contributed by atoms with Gasteiger partial charge in [0.2, 0.25) is 0 Å². The highest BCUT2D eigenvalue weighted by Crippen LogP contribution is 2.14. The number of nitrogens with zero attached hydrogens (tertiary/aromatic N) is 1. The summed E-state index contributed by atoms with van der Waals surface area (Å²) in [5.41, 5.74) is 0.575. The molecule has 1 atom stereocenters. The Kier molecular flexibility index (Phi) is 4.06. The lowest BCUT2D eigenvalue weighted by molar-refractivity contribution is 0.0944. The number of halogens is 2. The van der Waals surface area contributed by atoms with Crippen molar-refractivity contribution in [3.05, 3.63) is 71.3 Å². The number of nitriles is 1. The Bertz CT molecular complexity index is 665. The molecule has 0 aromatic heterocycles. The summed E-state index contributed by atoms with van der Waals surface area (Å²) in [6.45, 7) is 0. The molecule has 0 heterocycles. The summed E-state index contributed by atoms with van der Waals surface area (Å²) in [4.78, 5) is 11.9. The second kappa shape index (κ2) is 5.93. The van der Waals surface area contributed by atoms with Crippen LogP contribution in [0.15, 0.2) is 48.5 Å². The monoisotopic (exact) mass is 272 g/mol. The van der Waals surface area contributed by atoms with Crippen molar-refractivity contribution >= 4 is 5.91 Å². The maximum atomic E-state index is 13.1. The predicted octanol–water partition coefficient (Wildman–Crippen LogP) is 2.96. The molecule has 0 saturated heterocycles. The Morgan fingerprint density at radius 2 is 1.80 bits per heavy atom. The van der Waals surface area contributed by atoms with Crippen LogP contribution in [0.25, 0.3) is 0 Å². The van der Waals surface area contributed by atoms with Crippen molar-refractivity contribution in [3.8, 4) is 6.07 Å². The van der Waals surface area contributed by atoms with E-state index in [4.69, 9.17) is 5.26 Å². The molecular formula is C15H10F2N2O. The van der Waals surface area contributed by atoms with E-state index < -0.39 is 23.6 Å². The number of carbonyl (C=O) groups excluding carboxylic acids is 1. The van der Waals surface area contributed by atoms with Gasteiger partial charge in [0.15, 0.2) is 11.6 Å². The molecule has 1 N–H and O–H groups in total. The van der Waals surface area contributed by atoms with Crippen molar-refractivity contribution in [2.24, 2.45) is 0 Å². The van der Waals surface area contributed by atoms with Crippen molar-refractivity contribution in [1.29, 1.82) is 5.26 Å². The van der Waals surface area contributed by atoms with E-state index in [2.05, 4.69) is 5.32 Å². The van der Waals surface area contributed by atoms with Gasteiger partial charge in [-0.2, -0.15) is 5.26 Å². The van der Waals surface area contributed by atoms with E-state index >= 15 is 0 Å². The first kappa shape index (κ1) is 13.7. The van der Waals surface area contributed by atoms with Crippen molar-refractivity contribution in [2.75, 3.05) is 0 Å². The summed E-state index contributed by atoms with van der Waals surface area (Å²) in [6, 6.07) is 12.6. The zero-order chi connectivity index (χ0) is 14.5. The second-order valence-corrected chi connectivity index (χ2v) is 4.08. The van der Waals surface area contributed by atoms with Crippen molar-refractivity contribution in [1.82, 2.24) is 5.32 Å². The fraction of sp³-hybridized carbons (Fsp3) is 0.0667. The molecule has 0 bridgehead atoms. The molecular weight excluding hydrogens is 262 g/mol. The molecule has 3 nitrogen and oxygen atoms in total. The molecule has 20 heavy (non-hydrogen) atoms. The third-order valence-corrected chi connectivity index (χ3v) is 2.72. The zero-order valence-electron chi connectivity index (χ0n) is 10.3. The molecule has 0 aliphatic heterocycles. The van der Waals surface area contributed by atoms with E-state index in [9.17, 15) is 13.6 Å². The van der Waals surface area contributed by atoms with Crippen LogP contribution >= 0.6 is 0 Å². The van der Waals surface area contributed by atoms with Crippen LogP contribution < -0.4 is 5.32 Å². The Morgan fingerprint density at radius 3 is 2.40 bits per heavy atom. The summed E-state index contributed by atoms with van der Waals surface area (Å²) in [7, 11) is 0. The maximum Gasteiger partial charge on any atom is 0.252 e. The van der Waals surface area contributed by atoms with Crippen LogP contribution in [0.4, 0.5) is 8.78 Å². The first-order chi connectivity index (χ1) is 9.61. The lowest BCUT2D eigenvalue weighted by atomic mass is 10.1. The van der Waals surface area contributed by atoms with Gasteiger partial charge in [-0.05, 0) is 23.8 Å². The Hall–Kier alpha value is -2.74. The SMILES string of the molecule is N#CC(NC(=O)c1ccc(F)c(F)c1)c1ccccc1. The first-order valence-corrected chi connectivity index (χ1v) is 5.82. The lowest BCUT2D eigenvalue weighted by Gasteiger charge is -2.12. The highest BCUT2D eigenvalue weighted by atomic mass is 19.2. The standard InChI is InChI=1S/C15H10F2N2O/c16-12-7-6-11(8-13(12)17)15(20)19-14(9-18)10-4-2-1-3-5-10/h1-8,14H,(H,19,20). The highest BCUT2D eigenvalue weighted by Gasteiger charge is 2.16. The molecule has 1 unspecified atom stereocenters. The minimum absolute atomic E-state index is 0.0416. The normalized spacial score (nSPS) is 11.4. The largest absolute Gasteiger partial charge is 0.332 e. The molecule has 1 amide bonds. The maximum absolute atomic E-state index is 13.1. The van der Waals surface area contributed by atoms with Crippen LogP contribution in [-0.2, 0) is 0 Å². The third-order valence-electron chi connectivity index (χ3n) is 2.72. The molecule has 0 radical (unpaired) electrons. The molecule has 100 valence electrons. The van der Waals surface area contributed by atoms with Crippen LogP contribution in [0, 0.1) is 23.0 Å². The van der Waals surface area contributed by atoms with E-state index in [1.807, 2.05) is 6.07 Å². The van der Waals surface area contributed by atoms with E-state index in [0.29, 0.717) is 5.56 Å².